The van der Waals surface area contributed by atoms with E-state index in [-0.39, 0.29) is 5.91 Å². The summed E-state index contributed by atoms with van der Waals surface area (Å²) in [6.07, 6.45) is 3.76. The number of aromatic nitrogens is 2. The number of carbonyl (C=O) groups is 1. The molecule has 0 atom stereocenters. The molecule has 2 heterocycles. The maximum absolute atomic E-state index is 11.6. The van der Waals surface area contributed by atoms with Crippen molar-refractivity contribution >= 4 is 57.7 Å². The molecule has 1 aliphatic heterocycles. The number of nitrogens with zero attached hydrogens (tertiary/aromatic N) is 4. The fourth-order valence-electron chi connectivity index (χ4n) is 3.79. The van der Waals surface area contributed by atoms with Gasteiger partial charge in [-0.15, -0.1) is 0 Å². The number of amides is 1. The summed E-state index contributed by atoms with van der Waals surface area (Å²) in [4.78, 5) is 23.0. The summed E-state index contributed by atoms with van der Waals surface area (Å²) < 4.78 is 8.31. The third-order valence-corrected chi connectivity index (χ3v) is 6.87. The molecule has 10 heteroatoms. The standard InChI is InChI=1S/C26H28ClIN6O2/c1-2-24(35)30-20-7-3-6-19(16-20)25-23(27)18-29-26(32-25)31-21-8-4-9-22(17-21)36-15-5-10-33-11-13-34(28)14-12-33/h2-4,6-9,16-18H,1,5,10-15H2,(H,30,35)(H,29,31,32). The Kier molecular flexibility index (Phi) is 9.51. The van der Waals surface area contributed by atoms with Crippen molar-refractivity contribution in [2.75, 3.05) is 50.0 Å². The largest absolute Gasteiger partial charge is 0.493 e. The highest BCUT2D eigenvalue weighted by Crippen LogP contribution is 2.29. The zero-order valence-corrected chi connectivity index (χ0v) is 22.7. The van der Waals surface area contributed by atoms with E-state index < -0.39 is 0 Å². The second-order valence-electron chi connectivity index (χ2n) is 8.27. The van der Waals surface area contributed by atoms with Crippen molar-refractivity contribution in [1.82, 2.24) is 18.0 Å². The van der Waals surface area contributed by atoms with E-state index in [2.05, 4.69) is 58.1 Å². The lowest BCUT2D eigenvalue weighted by Crippen LogP contribution is -2.42. The molecule has 1 amide bonds. The summed E-state index contributed by atoms with van der Waals surface area (Å²) in [5.74, 6) is 0.905. The van der Waals surface area contributed by atoms with E-state index in [1.165, 1.54) is 6.08 Å². The van der Waals surface area contributed by atoms with Crippen LogP contribution in [0.5, 0.6) is 5.75 Å². The van der Waals surface area contributed by atoms with Gasteiger partial charge < -0.3 is 20.3 Å². The lowest BCUT2D eigenvalue weighted by molar-refractivity contribution is -0.111. The number of benzene rings is 2. The molecule has 1 aliphatic rings. The van der Waals surface area contributed by atoms with Gasteiger partial charge in [0.15, 0.2) is 0 Å². The van der Waals surface area contributed by atoms with Crippen LogP contribution in [0.4, 0.5) is 17.3 Å². The molecule has 8 nitrogen and oxygen atoms in total. The van der Waals surface area contributed by atoms with Crippen LogP contribution in [0.1, 0.15) is 6.42 Å². The van der Waals surface area contributed by atoms with Gasteiger partial charge in [0.05, 0.1) is 23.5 Å². The quantitative estimate of drug-likeness (QED) is 0.136. The van der Waals surface area contributed by atoms with Crippen LogP contribution in [0.15, 0.2) is 67.4 Å². The topological polar surface area (TPSA) is 82.6 Å². The average Bonchev–Trinajstić information content (AvgIpc) is 2.89. The highest BCUT2D eigenvalue weighted by molar-refractivity contribution is 14.1. The van der Waals surface area contributed by atoms with E-state index >= 15 is 0 Å². The first-order valence-corrected chi connectivity index (χ1v) is 13.0. The van der Waals surface area contributed by atoms with Gasteiger partial charge in [0.1, 0.15) is 5.75 Å². The summed E-state index contributed by atoms with van der Waals surface area (Å²) in [6, 6.07) is 15.0. The number of hydrogen-bond acceptors (Lipinski definition) is 7. The van der Waals surface area contributed by atoms with E-state index in [0.29, 0.717) is 29.0 Å². The highest BCUT2D eigenvalue weighted by Gasteiger charge is 2.14. The Balaban J connectivity index is 1.37. The number of halogens is 2. The van der Waals surface area contributed by atoms with Crippen LogP contribution in [-0.2, 0) is 4.79 Å². The summed E-state index contributed by atoms with van der Waals surface area (Å²) in [7, 11) is 0. The minimum absolute atomic E-state index is 0.288. The Morgan fingerprint density at radius 2 is 1.92 bits per heavy atom. The number of ether oxygens (including phenoxy) is 1. The van der Waals surface area contributed by atoms with Gasteiger partial charge in [0, 0.05) is 78.6 Å². The highest BCUT2D eigenvalue weighted by atomic mass is 127. The van der Waals surface area contributed by atoms with Gasteiger partial charge in [-0.2, -0.15) is 0 Å². The number of hydrogen-bond donors (Lipinski definition) is 2. The average molecular weight is 619 g/mol. The first-order chi connectivity index (χ1) is 17.5. The van der Waals surface area contributed by atoms with Crippen LogP contribution >= 0.6 is 34.5 Å². The van der Waals surface area contributed by atoms with Gasteiger partial charge in [-0.3, -0.25) is 4.79 Å². The molecule has 2 aromatic carbocycles. The summed E-state index contributed by atoms with van der Waals surface area (Å²) in [5, 5.41) is 6.38. The molecule has 36 heavy (non-hydrogen) atoms. The lowest BCUT2D eigenvalue weighted by atomic mass is 10.1. The third kappa shape index (κ3) is 7.63. The summed E-state index contributed by atoms with van der Waals surface area (Å²) >= 11 is 8.78. The molecule has 0 aliphatic carbocycles. The van der Waals surface area contributed by atoms with Crippen LogP contribution in [0, 0.1) is 0 Å². The Labute approximate surface area is 230 Å². The van der Waals surface area contributed by atoms with Gasteiger partial charge in [-0.1, -0.05) is 36.4 Å². The molecule has 0 radical (unpaired) electrons. The first kappa shape index (κ1) is 26.3. The minimum atomic E-state index is -0.288. The van der Waals surface area contributed by atoms with Gasteiger partial charge in [-0.25, -0.2) is 13.1 Å². The molecule has 1 aromatic heterocycles. The Hall–Kier alpha value is -2.73. The number of carbonyl (C=O) groups excluding carboxylic acids is 1. The fourth-order valence-corrected chi connectivity index (χ4v) is 4.42. The molecular weight excluding hydrogens is 591 g/mol. The number of anilines is 3. The van der Waals surface area contributed by atoms with E-state index in [1.807, 2.05) is 36.4 Å². The molecule has 188 valence electrons. The van der Waals surface area contributed by atoms with Crippen molar-refractivity contribution in [1.29, 1.82) is 0 Å². The Morgan fingerprint density at radius 1 is 1.14 bits per heavy atom. The van der Waals surface area contributed by atoms with Gasteiger partial charge in [-0.05, 0) is 36.8 Å². The molecular formula is C26H28ClIN6O2. The predicted octanol–water partition coefficient (Wildman–Crippen LogP) is 5.40. The van der Waals surface area contributed by atoms with Crippen molar-refractivity contribution in [3.8, 4) is 17.0 Å². The number of nitrogens with one attached hydrogen (secondary N) is 2. The minimum Gasteiger partial charge on any atom is -0.493 e. The first-order valence-electron chi connectivity index (χ1n) is 11.7. The molecule has 3 aromatic rings. The molecule has 4 rings (SSSR count). The molecule has 0 unspecified atom stereocenters. The molecule has 1 saturated heterocycles. The van der Waals surface area contributed by atoms with Crippen molar-refractivity contribution in [2.24, 2.45) is 0 Å². The van der Waals surface area contributed by atoms with E-state index in [0.717, 1.165) is 56.1 Å². The predicted molar refractivity (Wildman–Crippen MR) is 153 cm³/mol. The van der Waals surface area contributed by atoms with Crippen molar-refractivity contribution in [3.05, 3.63) is 72.4 Å². The summed E-state index contributed by atoms with van der Waals surface area (Å²) in [6.45, 7) is 9.63. The van der Waals surface area contributed by atoms with Gasteiger partial charge in [0.2, 0.25) is 11.9 Å². The maximum Gasteiger partial charge on any atom is 0.247 e. The van der Waals surface area contributed by atoms with Crippen LogP contribution in [-0.4, -0.2) is 63.2 Å². The summed E-state index contributed by atoms with van der Waals surface area (Å²) in [5.41, 5.74) is 2.74. The molecule has 0 saturated carbocycles. The molecule has 1 fully saturated rings. The Morgan fingerprint density at radius 3 is 2.72 bits per heavy atom. The number of piperazine rings is 1. The zero-order valence-electron chi connectivity index (χ0n) is 19.8. The molecule has 2 N–H and O–H groups in total. The van der Waals surface area contributed by atoms with Gasteiger partial charge in [0.25, 0.3) is 0 Å². The SMILES string of the molecule is C=CC(=O)Nc1cccc(-c2nc(Nc3cccc(OCCCN4CCN(I)CC4)c3)ncc2Cl)c1. The van der Waals surface area contributed by atoms with Crippen LogP contribution in [0.3, 0.4) is 0 Å². The van der Waals surface area contributed by atoms with Gasteiger partial charge >= 0.3 is 0 Å². The monoisotopic (exact) mass is 618 g/mol. The Bertz CT molecular complexity index is 1200. The third-order valence-electron chi connectivity index (χ3n) is 5.63. The van der Waals surface area contributed by atoms with Crippen LogP contribution in [0.2, 0.25) is 5.02 Å². The molecule has 0 bridgehead atoms. The molecule has 0 spiro atoms. The van der Waals surface area contributed by atoms with E-state index in [4.69, 9.17) is 16.3 Å². The van der Waals surface area contributed by atoms with Crippen LogP contribution in [0.25, 0.3) is 11.3 Å². The fraction of sp³-hybridized carbons (Fsp3) is 0.269. The van der Waals surface area contributed by atoms with Crippen molar-refractivity contribution in [3.63, 3.8) is 0 Å². The second kappa shape index (κ2) is 13.0. The van der Waals surface area contributed by atoms with Crippen molar-refractivity contribution < 1.29 is 9.53 Å². The maximum atomic E-state index is 11.6. The van der Waals surface area contributed by atoms with E-state index in [1.54, 1.807) is 18.3 Å². The van der Waals surface area contributed by atoms with Crippen molar-refractivity contribution in [2.45, 2.75) is 6.42 Å². The normalized spacial score (nSPS) is 14.3. The second-order valence-corrected chi connectivity index (χ2v) is 10.0. The zero-order chi connectivity index (χ0) is 25.3. The van der Waals surface area contributed by atoms with Crippen LogP contribution < -0.4 is 15.4 Å². The van der Waals surface area contributed by atoms with E-state index in [9.17, 15) is 4.79 Å². The smallest absolute Gasteiger partial charge is 0.247 e. The number of rotatable bonds is 10. The lowest BCUT2D eigenvalue weighted by Gasteiger charge is -2.30.